The van der Waals surface area contributed by atoms with Crippen molar-refractivity contribution < 1.29 is 4.79 Å². The van der Waals surface area contributed by atoms with Gasteiger partial charge in [0.05, 0.1) is 0 Å². The molecule has 0 saturated carbocycles. The summed E-state index contributed by atoms with van der Waals surface area (Å²) < 4.78 is 0. The zero-order chi connectivity index (χ0) is 33.6. The van der Waals surface area contributed by atoms with E-state index in [1.54, 1.807) is 0 Å². The van der Waals surface area contributed by atoms with E-state index in [4.69, 9.17) is 0 Å². The third kappa shape index (κ3) is 36.0. The van der Waals surface area contributed by atoms with Gasteiger partial charge in [0.1, 0.15) is 0 Å². The Morgan fingerprint density at radius 3 is 1.20 bits per heavy atom. The number of rotatable bonds is 38. The van der Waals surface area contributed by atoms with Gasteiger partial charge in [0.2, 0.25) is 5.91 Å². The van der Waals surface area contributed by atoms with E-state index in [9.17, 15) is 4.79 Å². The molecule has 0 bridgehead atoms. The fourth-order valence-electron chi connectivity index (χ4n) is 6.73. The van der Waals surface area contributed by atoms with Crippen molar-refractivity contribution in [2.75, 3.05) is 27.2 Å². The van der Waals surface area contributed by atoms with Gasteiger partial charge in [0.15, 0.2) is 0 Å². The van der Waals surface area contributed by atoms with Gasteiger partial charge in [-0.15, -0.1) is 0 Å². The van der Waals surface area contributed by atoms with Crippen molar-refractivity contribution in [3.8, 4) is 0 Å². The number of carbonyl (C=O) groups is 1. The summed E-state index contributed by atoms with van der Waals surface area (Å²) in [7, 11) is 4.22. The minimum atomic E-state index is 0.228. The van der Waals surface area contributed by atoms with Gasteiger partial charge < -0.3 is 10.2 Å². The maximum absolute atomic E-state index is 13.0. The summed E-state index contributed by atoms with van der Waals surface area (Å²) in [6, 6.07) is 0. The molecule has 1 unspecified atom stereocenters. The van der Waals surface area contributed by atoms with Crippen molar-refractivity contribution in [2.24, 2.45) is 5.92 Å². The van der Waals surface area contributed by atoms with Gasteiger partial charge in [-0.05, 0) is 65.6 Å². The molecule has 0 rings (SSSR count). The van der Waals surface area contributed by atoms with Gasteiger partial charge in [0.25, 0.3) is 0 Å². The Hall–Kier alpha value is -0.830. The van der Waals surface area contributed by atoms with E-state index in [1.807, 2.05) is 0 Å². The van der Waals surface area contributed by atoms with E-state index < -0.39 is 0 Å². The second-order valence-electron chi connectivity index (χ2n) is 15.0. The summed E-state index contributed by atoms with van der Waals surface area (Å²) in [5.41, 5.74) is 0. The number of allylic oxidation sites excluding steroid dienone is 2. The fourth-order valence-corrected chi connectivity index (χ4v) is 6.73. The van der Waals surface area contributed by atoms with Crippen LogP contribution in [-0.4, -0.2) is 38.0 Å². The van der Waals surface area contributed by atoms with Crippen molar-refractivity contribution in [1.82, 2.24) is 10.2 Å². The minimum absolute atomic E-state index is 0.228. The highest BCUT2D eigenvalue weighted by Crippen LogP contribution is 2.21. The molecule has 1 amide bonds. The molecule has 0 spiro atoms. The average molecular weight is 647 g/mol. The molecule has 274 valence electrons. The van der Waals surface area contributed by atoms with Crippen LogP contribution in [0.15, 0.2) is 12.2 Å². The first-order chi connectivity index (χ1) is 22.6. The number of unbranched alkanes of at least 4 members (excludes halogenated alkanes) is 27. The highest BCUT2D eigenvalue weighted by atomic mass is 16.1. The summed E-state index contributed by atoms with van der Waals surface area (Å²) in [5, 5.41) is 3.28. The van der Waals surface area contributed by atoms with Crippen molar-refractivity contribution in [1.29, 1.82) is 0 Å². The molecule has 0 aliphatic carbocycles. The number of hydrogen-bond acceptors (Lipinski definition) is 2. The molecule has 0 radical (unpaired) electrons. The van der Waals surface area contributed by atoms with Gasteiger partial charge in [-0.3, -0.25) is 4.79 Å². The Balaban J connectivity index is 3.90. The van der Waals surface area contributed by atoms with Gasteiger partial charge in [-0.25, -0.2) is 0 Å². The number of amides is 1. The minimum Gasteiger partial charge on any atom is -0.356 e. The summed E-state index contributed by atoms with van der Waals surface area (Å²) in [6.07, 6.45) is 49.3. The monoisotopic (exact) mass is 647 g/mol. The molecule has 46 heavy (non-hydrogen) atoms. The van der Waals surface area contributed by atoms with E-state index in [0.29, 0.717) is 5.91 Å². The third-order valence-electron chi connectivity index (χ3n) is 9.92. The molecule has 0 aliphatic rings. The predicted molar refractivity (Wildman–Crippen MR) is 208 cm³/mol. The van der Waals surface area contributed by atoms with E-state index in [1.165, 1.54) is 193 Å². The Labute approximate surface area is 291 Å². The Bertz CT molecular complexity index is 616. The smallest absolute Gasteiger partial charge is 0.223 e. The maximum Gasteiger partial charge on any atom is 0.223 e. The third-order valence-corrected chi connectivity index (χ3v) is 9.92. The average Bonchev–Trinajstić information content (AvgIpc) is 3.05. The highest BCUT2D eigenvalue weighted by molar-refractivity contribution is 5.78. The largest absolute Gasteiger partial charge is 0.356 e. The summed E-state index contributed by atoms with van der Waals surface area (Å²) in [5.74, 6) is 0.558. The molecule has 0 aromatic rings. The highest BCUT2D eigenvalue weighted by Gasteiger charge is 2.17. The zero-order valence-corrected chi connectivity index (χ0v) is 32.3. The predicted octanol–water partition coefficient (Wildman–Crippen LogP) is 13.7. The molecule has 0 fully saturated rings. The zero-order valence-electron chi connectivity index (χ0n) is 32.3. The lowest BCUT2D eigenvalue weighted by Gasteiger charge is -2.17. The van der Waals surface area contributed by atoms with Crippen LogP contribution in [-0.2, 0) is 4.79 Å². The van der Waals surface area contributed by atoms with Crippen molar-refractivity contribution in [3.63, 3.8) is 0 Å². The number of carbonyl (C=O) groups excluding carboxylic acids is 1. The first-order valence-corrected chi connectivity index (χ1v) is 21.2. The van der Waals surface area contributed by atoms with Gasteiger partial charge in [-0.2, -0.15) is 0 Å². The summed E-state index contributed by atoms with van der Waals surface area (Å²) in [6.45, 7) is 6.44. The molecule has 1 atom stereocenters. The number of nitrogens with one attached hydrogen (secondary N) is 1. The molecule has 1 N–H and O–H groups in total. The molecule has 0 heterocycles. The number of hydrogen-bond donors (Lipinski definition) is 1. The Morgan fingerprint density at radius 1 is 0.478 bits per heavy atom. The Kier molecular flexibility index (Phi) is 37.9. The van der Waals surface area contributed by atoms with E-state index in [-0.39, 0.29) is 5.92 Å². The lowest BCUT2D eigenvalue weighted by Crippen LogP contribution is -2.32. The maximum atomic E-state index is 13.0. The quantitative estimate of drug-likeness (QED) is 0.0535. The second-order valence-corrected chi connectivity index (χ2v) is 15.0. The summed E-state index contributed by atoms with van der Waals surface area (Å²) >= 11 is 0. The van der Waals surface area contributed by atoms with Gasteiger partial charge in [-0.1, -0.05) is 193 Å². The standard InChI is InChI=1S/C43H86N2O/c1-5-7-9-11-13-15-17-19-21-23-25-27-29-31-33-35-38-42(43(46)44-40-37-41-45(3)4)39-36-34-32-30-28-26-24-22-20-18-16-14-12-10-8-6-2/h13,15,42H,5-12,14,16-41H2,1-4H3,(H,44,46). The molecule has 0 saturated heterocycles. The molecular formula is C43H86N2O. The van der Waals surface area contributed by atoms with Crippen LogP contribution in [0.2, 0.25) is 0 Å². The van der Waals surface area contributed by atoms with Gasteiger partial charge >= 0.3 is 0 Å². The first-order valence-electron chi connectivity index (χ1n) is 21.2. The van der Waals surface area contributed by atoms with Crippen LogP contribution < -0.4 is 5.32 Å². The molecule has 3 heteroatoms. The van der Waals surface area contributed by atoms with Crippen LogP contribution in [0.1, 0.15) is 226 Å². The van der Waals surface area contributed by atoms with E-state index >= 15 is 0 Å². The SMILES string of the molecule is CCCCCC=CCCCCCCCCCCCC(CCCCCCCCCCCCCCCCCC)C(=O)NCCCN(C)C. The lowest BCUT2D eigenvalue weighted by molar-refractivity contribution is -0.125. The molecule has 0 aliphatic heterocycles. The Morgan fingerprint density at radius 2 is 0.804 bits per heavy atom. The van der Waals surface area contributed by atoms with Crippen molar-refractivity contribution in [2.45, 2.75) is 226 Å². The van der Waals surface area contributed by atoms with Crippen LogP contribution in [0.3, 0.4) is 0 Å². The summed E-state index contributed by atoms with van der Waals surface area (Å²) in [4.78, 5) is 15.2. The van der Waals surface area contributed by atoms with Crippen LogP contribution in [0.25, 0.3) is 0 Å². The molecule has 0 aromatic carbocycles. The molecular weight excluding hydrogens is 560 g/mol. The van der Waals surface area contributed by atoms with Gasteiger partial charge in [0, 0.05) is 12.5 Å². The first kappa shape index (κ1) is 45.2. The van der Waals surface area contributed by atoms with E-state index in [0.717, 1.165) is 32.4 Å². The van der Waals surface area contributed by atoms with Crippen molar-refractivity contribution in [3.05, 3.63) is 12.2 Å². The lowest BCUT2D eigenvalue weighted by atomic mass is 9.93. The molecule has 3 nitrogen and oxygen atoms in total. The normalized spacial score (nSPS) is 12.5. The molecule has 0 aromatic heterocycles. The topological polar surface area (TPSA) is 32.3 Å². The van der Waals surface area contributed by atoms with Crippen LogP contribution in [0.4, 0.5) is 0 Å². The number of nitrogens with zero attached hydrogens (tertiary/aromatic N) is 1. The van der Waals surface area contributed by atoms with Crippen LogP contribution in [0, 0.1) is 5.92 Å². The van der Waals surface area contributed by atoms with Crippen molar-refractivity contribution >= 4 is 5.91 Å². The van der Waals surface area contributed by atoms with Crippen LogP contribution in [0.5, 0.6) is 0 Å². The second kappa shape index (κ2) is 38.6. The van der Waals surface area contributed by atoms with Crippen LogP contribution >= 0.6 is 0 Å². The fraction of sp³-hybridized carbons (Fsp3) is 0.930. The van der Waals surface area contributed by atoms with E-state index in [2.05, 4.69) is 50.3 Å².